The molecule has 19 heavy (non-hydrogen) atoms. The zero-order chi connectivity index (χ0) is 13.7. The maximum absolute atomic E-state index is 6.29. The predicted octanol–water partition coefficient (Wildman–Crippen LogP) is 4.58. The maximum Gasteiger partial charge on any atom is 0.0860 e. The molecule has 2 nitrogen and oxygen atoms in total. The topological polar surface area (TPSA) is 38.4 Å². The molecule has 0 aromatic heterocycles. The molecule has 0 fully saturated rings. The SMILES string of the molecule is CCCc1ccc(-c2ccc(N=CN)cc2Cl)cc1. The van der Waals surface area contributed by atoms with Crippen LogP contribution in [0.25, 0.3) is 11.1 Å². The van der Waals surface area contributed by atoms with Crippen LogP contribution >= 0.6 is 11.6 Å². The number of nitrogens with two attached hydrogens (primary N) is 1. The van der Waals surface area contributed by atoms with Crippen molar-refractivity contribution in [1.82, 2.24) is 0 Å². The fourth-order valence-electron chi connectivity index (χ4n) is 2.04. The molecule has 0 aliphatic rings. The first-order valence-corrected chi connectivity index (χ1v) is 6.75. The lowest BCUT2D eigenvalue weighted by atomic mass is 10.0. The van der Waals surface area contributed by atoms with E-state index in [0.717, 1.165) is 29.7 Å². The Morgan fingerprint density at radius 3 is 2.47 bits per heavy atom. The van der Waals surface area contributed by atoms with Crippen LogP contribution in [0, 0.1) is 0 Å². The molecule has 98 valence electrons. The van der Waals surface area contributed by atoms with E-state index in [9.17, 15) is 0 Å². The smallest absolute Gasteiger partial charge is 0.0860 e. The fourth-order valence-corrected chi connectivity index (χ4v) is 2.33. The molecule has 0 atom stereocenters. The summed E-state index contributed by atoms with van der Waals surface area (Å²) >= 11 is 6.29. The zero-order valence-corrected chi connectivity index (χ0v) is 11.7. The van der Waals surface area contributed by atoms with Gasteiger partial charge in [0.05, 0.1) is 17.0 Å². The summed E-state index contributed by atoms with van der Waals surface area (Å²) in [5.74, 6) is 0. The van der Waals surface area contributed by atoms with Crippen LogP contribution < -0.4 is 5.73 Å². The number of benzene rings is 2. The van der Waals surface area contributed by atoms with Crippen molar-refractivity contribution in [3.05, 3.63) is 53.1 Å². The molecule has 0 saturated heterocycles. The minimum atomic E-state index is 0.686. The molecule has 0 bridgehead atoms. The second-order valence-electron chi connectivity index (χ2n) is 4.39. The van der Waals surface area contributed by atoms with Crippen molar-refractivity contribution < 1.29 is 0 Å². The van der Waals surface area contributed by atoms with Crippen LogP contribution in [0.15, 0.2) is 47.5 Å². The summed E-state index contributed by atoms with van der Waals surface area (Å²) in [5, 5.41) is 0.686. The summed E-state index contributed by atoms with van der Waals surface area (Å²) in [6, 6.07) is 14.2. The van der Waals surface area contributed by atoms with Crippen molar-refractivity contribution >= 4 is 23.6 Å². The van der Waals surface area contributed by atoms with Crippen molar-refractivity contribution in [3.8, 4) is 11.1 Å². The molecule has 0 saturated carbocycles. The number of rotatable bonds is 4. The third-order valence-corrected chi connectivity index (χ3v) is 3.29. The highest BCUT2D eigenvalue weighted by Crippen LogP contribution is 2.31. The summed E-state index contributed by atoms with van der Waals surface area (Å²) in [5.41, 5.74) is 9.52. The van der Waals surface area contributed by atoms with Gasteiger partial charge < -0.3 is 5.73 Å². The van der Waals surface area contributed by atoms with Gasteiger partial charge in [-0.15, -0.1) is 0 Å². The molecule has 0 aliphatic carbocycles. The molecule has 0 unspecified atom stereocenters. The van der Waals surface area contributed by atoms with E-state index in [2.05, 4.69) is 36.2 Å². The maximum atomic E-state index is 6.29. The van der Waals surface area contributed by atoms with Crippen molar-refractivity contribution in [2.45, 2.75) is 19.8 Å². The molecular formula is C16H17ClN2. The molecule has 2 aromatic carbocycles. The summed E-state index contributed by atoms with van der Waals surface area (Å²) in [4.78, 5) is 4.01. The first-order valence-electron chi connectivity index (χ1n) is 6.37. The molecule has 0 aliphatic heterocycles. The zero-order valence-electron chi connectivity index (χ0n) is 10.9. The Kier molecular flexibility index (Phi) is 4.58. The quantitative estimate of drug-likeness (QED) is 0.642. The lowest BCUT2D eigenvalue weighted by Crippen LogP contribution is -1.87. The van der Waals surface area contributed by atoms with Crippen molar-refractivity contribution in [2.75, 3.05) is 0 Å². The number of aryl methyl sites for hydroxylation is 1. The van der Waals surface area contributed by atoms with E-state index in [0.29, 0.717) is 5.02 Å². The third kappa shape index (κ3) is 3.36. The Hall–Kier alpha value is -1.80. The van der Waals surface area contributed by atoms with E-state index in [1.165, 1.54) is 11.9 Å². The van der Waals surface area contributed by atoms with Crippen LogP contribution in [0.1, 0.15) is 18.9 Å². The van der Waals surface area contributed by atoms with Gasteiger partial charge in [0, 0.05) is 5.56 Å². The fraction of sp³-hybridized carbons (Fsp3) is 0.188. The van der Waals surface area contributed by atoms with Gasteiger partial charge >= 0.3 is 0 Å². The third-order valence-electron chi connectivity index (χ3n) is 2.98. The highest BCUT2D eigenvalue weighted by Gasteiger charge is 2.04. The monoisotopic (exact) mass is 272 g/mol. The molecule has 0 heterocycles. The Labute approximate surface area is 118 Å². The summed E-state index contributed by atoms with van der Waals surface area (Å²) in [6.45, 7) is 2.18. The minimum Gasteiger partial charge on any atom is -0.390 e. The van der Waals surface area contributed by atoms with Crippen molar-refractivity contribution in [2.24, 2.45) is 10.7 Å². The lowest BCUT2D eigenvalue weighted by molar-refractivity contribution is 0.922. The Balaban J connectivity index is 2.31. The van der Waals surface area contributed by atoms with Gasteiger partial charge in [-0.25, -0.2) is 4.99 Å². The van der Waals surface area contributed by atoms with Crippen molar-refractivity contribution in [3.63, 3.8) is 0 Å². The highest BCUT2D eigenvalue weighted by molar-refractivity contribution is 6.33. The van der Waals surface area contributed by atoms with Gasteiger partial charge in [-0.05, 0) is 29.7 Å². The summed E-state index contributed by atoms with van der Waals surface area (Å²) < 4.78 is 0. The molecular weight excluding hydrogens is 256 g/mol. The van der Waals surface area contributed by atoms with Crippen LogP contribution in [-0.2, 0) is 6.42 Å². The summed E-state index contributed by atoms with van der Waals surface area (Å²) in [6.07, 6.45) is 3.54. The Morgan fingerprint density at radius 2 is 1.89 bits per heavy atom. The van der Waals surface area contributed by atoms with Crippen LogP contribution in [0.2, 0.25) is 5.02 Å². The normalized spacial score (nSPS) is 11.1. The largest absolute Gasteiger partial charge is 0.390 e. The second-order valence-corrected chi connectivity index (χ2v) is 4.80. The Morgan fingerprint density at radius 1 is 1.16 bits per heavy atom. The van der Waals surface area contributed by atoms with Crippen molar-refractivity contribution in [1.29, 1.82) is 0 Å². The molecule has 2 aromatic rings. The molecule has 2 N–H and O–H groups in total. The Bertz CT molecular complexity index is 574. The van der Waals surface area contributed by atoms with Gasteiger partial charge in [0.25, 0.3) is 0 Å². The van der Waals surface area contributed by atoms with E-state index in [1.807, 2.05) is 18.2 Å². The van der Waals surface area contributed by atoms with Gasteiger partial charge in [0.15, 0.2) is 0 Å². The van der Waals surface area contributed by atoms with E-state index >= 15 is 0 Å². The van der Waals surface area contributed by atoms with E-state index in [1.54, 1.807) is 0 Å². The molecule has 0 spiro atoms. The molecule has 2 rings (SSSR count). The molecule has 3 heteroatoms. The average molecular weight is 273 g/mol. The first-order chi connectivity index (χ1) is 9.24. The van der Waals surface area contributed by atoms with Crippen LogP contribution in [-0.4, -0.2) is 6.34 Å². The number of nitrogens with zero attached hydrogens (tertiary/aromatic N) is 1. The minimum absolute atomic E-state index is 0.686. The number of hydrogen-bond acceptors (Lipinski definition) is 1. The standard InChI is InChI=1S/C16H17ClN2/c1-2-3-12-4-6-13(7-5-12)15-9-8-14(19-11-18)10-16(15)17/h4-11H,2-3H2,1H3,(H2,18,19). The van der Waals surface area contributed by atoms with Crippen LogP contribution in [0.5, 0.6) is 0 Å². The lowest BCUT2D eigenvalue weighted by Gasteiger charge is -2.07. The van der Waals surface area contributed by atoms with E-state index in [4.69, 9.17) is 17.3 Å². The number of aliphatic imine (C=N–C) groups is 1. The predicted molar refractivity (Wildman–Crippen MR) is 83.2 cm³/mol. The van der Waals surface area contributed by atoms with Gasteiger partial charge in [0.2, 0.25) is 0 Å². The molecule has 0 amide bonds. The van der Waals surface area contributed by atoms with E-state index in [-0.39, 0.29) is 0 Å². The number of halogens is 1. The second kappa shape index (κ2) is 6.39. The van der Waals surface area contributed by atoms with Crippen LogP contribution in [0.3, 0.4) is 0 Å². The first kappa shape index (κ1) is 13.6. The average Bonchev–Trinajstić information content (AvgIpc) is 2.41. The molecule has 0 radical (unpaired) electrons. The van der Waals surface area contributed by atoms with Gasteiger partial charge in [-0.1, -0.05) is 55.3 Å². The summed E-state index contributed by atoms with van der Waals surface area (Å²) in [7, 11) is 0. The van der Waals surface area contributed by atoms with Gasteiger partial charge in [-0.3, -0.25) is 0 Å². The van der Waals surface area contributed by atoms with E-state index < -0.39 is 0 Å². The van der Waals surface area contributed by atoms with Gasteiger partial charge in [0.1, 0.15) is 0 Å². The van der Waals surface area contributed by atoms with Crippen LogP contribution in [0.4, 0.5) is 5.69 Å². The van der Waals surface area contributed by atoms with Gasteiger partial charge in [-0.2, -0.15) is 0 Å². The number of hydrogen-bond donors (Lipinski definition) is 1. The highest BCUT2D eigenvalue weighted by atomic mass is 35.5.